The van der Waals surface area contributed by atoms with Crippen molar-refractivity contribution in [2.75, 3.05) is 12.3 Å². The minimum atomic E-state index is -0.0865. The van der Waals surface area contributed by atoms with Gasteiger partial charge in [-0.25, -0.2) is 0 Å². The van der Waals surface area contributed by atoms with Gasteiger partial charge < -0.3 is 11.1 Å². The van der Waals surface area contributed by atoms with Crippen molar-refractivity contribution >= 4 is 27.5 Å². The van der Waals surface area contributed by atoms with Gasteiger partial charge in [0, 0.05) is 22.3 Å². The van der Waals surface area contributed by atoms with Crippen LogP contribution in [0.25, 0.3) is 0 Å². The van der Waals surface area contributed by atoms with Crippen molar-refractivity contribution in [1.82, 2.24) is 5.32 Å². The molecule has 0 aromatic heterocycles. The standard InChI is InChI=1S/C15H15BrN2O/c16-13-10-12(6-7-14(13)17)15(19)18-9-8-11-4-2-1-3-5-11/h1-7,10H,8-9,17H2,(H,18,19). The van der Waals surface area contributed by atoms with Crippen molar-refractivity contribution in [3.05, 3.63) is 64.1 Å². The minimum Gasteiger partial charge on any atom is -0.398 e. The molecule has 4 heteroatoms. The fourth-order valence-electron chi connectivity index (χ4n) is 1.74. The van der Waals surface area contributed by atoms with Crippen LogP contribution in [0.15, 0.2) is 53.0 Å². The lowest BCUT2D eigenvalue weighted by Crippen LogP contribution is -2.25. The van der Waals surface area contributed by atoms with Crippen molar-refractivity contribution in [3.8, 4) is 0 Å². The van der Waals surface area contributed by atoms with Gasteiger partial charge in [0.1, 0.15) is 0 Å². The Kier molecular flexibility index (Phi) is 4.58. The van der Waals surface area contributed by atoms with Gasteiger partial charge in [-0.3, -0.25) is 4.79 Å². The molecule has 2 aromatic carbocycles. The quantitative estimate of drug-likeness (QED) is 0.851. The van der Waals surface area contributed by atoms with E-state index < -0.39 is 0 Å². The summed E-state index contributed by atoms with van der Waals surface area (Å²) in [5.74, 6) is -0.0865. The van der Waals surface area contributed by atoms with Crippen molar-refractivity contribution < 1.29 is 4.79 Å². The van der Waals surface area contributed by atoms with E-state index in [2.05, 4.69) is 21.2 Å². The maximum atomic E-state index is 11.9. The fourth-order valence-corrected chi connectivity index (χ4v) is 2.11. The van der Waals surface area contributed by atoms with Gasteiger partial charge in [-0.05, 0) is 46.1 Å². The summed E-state index contributed by atoms with van der Waals surface area (Å²) < 4.78 is 0.739. The fraction of sp³-hybridized carbons (Fsp3) is 0.133. The zero-order valence-electron chi connectivity index (χ0n) is 10.4. The van der Waals surface area contributed by atoms with Crippen molar-refractivity contribution in [3.63, 3.8) is 0 Å². The highest BCUT2D eigenvalue weighted by Crippen LogP contribution is 2.20. The van der Waals surface area contributed by atoms with Crippen LogP contribution in [-0.4, -0.2) is 12.5 Å². The number of hydrogen-bond acceptors (Lipinski definition) is 2. The van der Waals surface area contributed by atoms with E-state index in [0.717, 1.165) is 10.9 Å². The molecule has 0 unspecified atom stereocenters. The van der Waals surface area contributed by atoms with Gasteiger partial charge >= 0.3 is 0 Å². The number of carbonyl (C=O) groups is 1. The van der Waals surface area contributed by atoms with E-state index in [-0.39, 0.29) is 5.91 Å². The number of rotatable bonds is 4. The number of halogens is 1. The molecule has 1 amide bonds. The molecule has 0 spiro atoms. The third kappa shape index (κ3) is 3.83. The Balaban J connectivity index is 1.89. The summed E-state index contributed by atoms with van der Waals surface area (Å²) in [6.45, 7) is 0.616. The van der Waals surface area contributed by atoms with Crippen LogP contribution in [-0.2, 0) is 6.42 Å². The zero-order chi connectivity index (χ0) is 13.7. The Morgan fingerprint density at radius 2 is 1.89 bits per heavy atom. The minimum absolute atomic E-state index is 0.0865. The van der Waals surface area contributed by atoms with Gasteiger partial charge in [0.25, 0.3) is 5.91 Å². The third-order valence-electron chi connectivity index (χ3n) is 2.80. The van der Waals surface area contributed by atoms with Crippen molar-refractivity contribution in [2.45, 2.75) is 6.42 Å². The summed E-state index contributed by atoms with van der Waals surface area (Å²) in [7, 11) is 0. The number of nitrogen functional groups attached to an aromatic ring is 1. The van der Waals surface area contributed by atoms with Crippen LogP contribution in [0.4, 0.5) is 5.69 Å². The highest BCUT2D eigenvalue weighted by Gasteiger charge is 2.06. The molecule has 3 nitrogen and oxygen atoms in total. The maximum absolute atomic E-state index is 11.9. The second-order valence-corrected chi connectivity index (χ2v) is 5.08. The number of hydrogen-bond donors (Lipinski definition) is 2. The molecule has 19 heavy (non-hydrogen) atoms. The summed E-state index contributed by atoms with van der Waals surface area (Å²) >= 11 is 3.31. The van der Waals surface area contributed by atoms with Crippen molar-refractivity contribution in [2.24, 2.45) is 0 Å². The molecule has 98 valence electrons. The number of carbonyl (C=O) groups excluding carboxylic acids is 1. The number of amides is 1. The predicted molar refractivity (Wildman–Crippen MR) is 81.0 cm³/mol. The Hall–Kier alpha value is -1.81. The normalized spacial score (nSPS) is 10.2. The molecule has 3 N–H and O–H groups in total. The van der Waals surface area contributed by atoms with E-state index in [1.807, 2.05) is 30.3 Å². The number of anilines is 1. The second-order valence-electron chi connectivity index (χ2n) is 4.23. The van der Waals surface area contributed by atoms with E-state index in [4.69, 9.17) is 5.73 Å². The van der Waals surface area contributed by atoms with Crippen LogP contribution < -0.4 is 11.1 Å². The van der Waals surface area contributed by atoms with Crippen LogP contribution in [0.2, 0.25) is 0 Å². The molecule has 0 radical (unpaired) electrons. The lowest BCUT2D eigenvalue weighted by atomic mass is 10.1. The molecule has 2 aromatic rings. The van der Waals surface area contributed by atoms with Gasteiger partial charge in [-0.1, -0.05) is 30.3 Å². The van der Waals surface area contributed by atoms with E-state index in [0.29, 0.717) is 17.8 Å². The molecule has 0 atom stereocenters. The van der Waals surface area contributed by atoms with Gasteiger partial charge in [0.2, 0.25) is 0 Å². The molecule has 2 rings (SSSR count). The van der Waals surface area contributed by atoms with Crippen LogP contribution in [0.3, 0.4) is 0 Å². The Morgan fingerprint density at radius 1 is 1.16 bits per heavy atom. The first kappa shape index (κ1) is 13.6. The molecule has 0 heterocycles. The van der Waals surface area contributed by atoms with Crippen LogP contribution in [0.5, 0.6) is 0 Å². The molecular weight excluding hydrogens is 304 g/mol. The molecule has 0 bridgehead atoms. The van der Waals surface area contributed by atoms with Gasteiger partial charge in [-0.15, -0.1) is 0 Å². The Bertz CT molecular complexity index is 570. The average molecular weight is 319 g/mol. The molecule has 0 aliphatic heterocycles. The van der Waals surface area contributed by atoms with Crippen LogP contribution in [0.1, 0.15) is 15.9 Å². The molecule has 0 saturated heterocycles. The summed E-state index contributed by atoms with van der Waals surface area (Å²) in [5.41, 5.74) is 8.13. The molecular formula is C15H15BrN2O. The summed E-state index contributed by atoms with van der Waals surface area (Å²) in [6, 6.07) is 15.2. The number of benzene rings is 2. The average Bonchev–Trinajstić information content (AvgIpc) is 2.43. The van der Waals surface area contributed by atoms with Gasteiger partial charge in [-0.2, -0.15) is 0 Å². The van der Waals surface area contributed by atoms with Crippen LogP contribution >= 0.6 is 15.9 Å². The zero-order valence-corrected chi connectivity index (χ0v) is 12.0. The largest absolute Gasteiger partial charge is 0.398 e. The Morgan fingerprint density at radius 3 is 2.58 bits per heavy atom. The van der Waals surface area contributed by atoms with E-state index in [1.54, 1.807) is 18.2 Å². The Labute approximate surface area is 121 Å². The molecule has 0 fully saturated rings. The maximum Gasteiger partial charge on any atom is 0.251 e. The topological polar surface area (TPSA) is 55.1 Å². The van der Waals surface area contributed by atoms with Gasteiger partial charge in [0.05, 0.1) is 0 Å². The first-order valence-corrected chi connectivity index (χ1v) is 6.83. The third-order valence-corrected chi connectivity index (χ3v) is 3.49. The first-order valence-electron chi connectivity index (χ1n) is 6.04. The van der Waals surface area contributed by atoms with Crippen LogP contribution in [0, 0.1) is 0 Å². The van der Waals surface area contributed by atoms with Gasteiger partial charge in [0.15, 0.2) is 0 Å². The molecule has 0 aliphatic carbocycles. The smallest absolute Gasteiger partial charge is 0.251 e. The first-order chi connectivity index (χ1) is 9.16. The van der Waals surface area contributed by atoms with Crippen molar-refractivity contribution in [1.29, 1.82) is 0 Å². The molecule has 0 saturated carbocycles. The summed E-state index contributed by atoms with van der Waals surface area (Å²) in [6.07, 6.45) is 0.822. The number of nitrogens with two attached hydrogens (primary N) is 1. The number of nitrogens with one attached hydrogen (secondary N) is 1. The summed E-state index contributed by atoms with van der Waals surface area (Å²) in [4.78, 5) is 11.9. The highest BCUT2D eigenvalue weighted by molar-refractivity contribution is 9.10. The van der Waals surface area contributed by atoms with E-state index in [9.17, 15) is 4.79 Å². The van der Waals surface area contributed by atoms with E-state index in [1.165, 1.54) is 5.56 Å². The lowest BCUT2D eigenvalue weighted by molar-refractivity contribution is 0.0954. The van der Waals surface area contributed by atoms with E-state index >= 15 is 0 Å². The predicted octanol–water partition coefficient (Wildman–Crippen LogP) is 3.00. The summed E-state index contributed by atoms with van der Waals surface area (Å²) in [5, 5.41) is 2.89. The second kappa shape index (κ2) is 6.38. The highest BCUT2D eigenvalue weighted by atomic mass is 79.9. The SMILES string of the molecule is Nc1ccc(C(=O)NCCc2ccccc2)cc1Br. The lowest BCUT2D eigenvalue weighted by Gasteiger charge is -2.06. The monoisotopic (exact) mass is 318 g/mol. The molecule has 0 aliphatic rings.